The minimum atomic E-state index is -0.493. The molecule has 118 valence electrons. The smallest absolute Gasteiger partial charge is 0.411 e. The van der Waals surface area contributed by atoms with Crippen LogP contribution in [0.15, 0.2) is 18.3 Å². The predicted molar refractivity (Wildman–Crippen MR) is 86.1 cm³/mol. The Bertz CT molecular complexity index is 579. The van der Waals surface area contributed by atoms with E-state index in [1.165, 1.54) is 0 Å². The first-order valence-corrected chi connectivity index (χ1v) is 7.58. The number of carbonyl (C=O) groups is 1. The van der Waals surface area contributed by atoms with Crippen molar-refractivity contribution < 1.29 is 9.53 Å². The van der Waals surface area contributed by atoms with E-state index in [9.17, 15) is 4.79 Å². The van der Waals surface area contributed by atoms with Gasteiger partial charge in [0.2, 0.25) is 0 Å². The third-order valence-electron chi connectivity index (χ3n) is 3.30. The molecular formula is C17H23N3O2. The SMILES string of the molecule is CC(C)(C)OC(=O)N1CCCCC1C#Cc1ccc(N)nc1. The number of ether oxygens (including phenoxy) is 1. The fourth-order valence-corrected chi connectivity index (χ4v) is 2.27. The van der Waals surface area contributed by atoms with Gasteiger partial charge >= 0.3 is 6.09 Å². The Morgan fingerprint density at radius 2 is 2.18 bits per heavy atom. The number of aromatic nitrogens is 1. The highest BCUT2D eigenvalue weighted by Crippen LogP contribution is 2.20. The summed E-state index contributed by atoms with van der Waals surface area (Å²) < 4.78 is 5.47. The zero-order valence-electron chi connectivity index (χ0n) is 13.4. The Hall–Kier alpha value is -2.22. The molecule has 5 heteroatoms. The van der Waals surface area contributed by atoms with Crippen molar-refractivity contribution in [2.45, 2.75) is 51.7 Å². The van der Waals surface area contributed by atoms with Crippen molar-refractivity contribution in [2.24, 2.45) is 0 Å². The number of anilines is 1. The van der Waals surface area contributed by atoms with E-state index in [1.54, 1.807) is 17.2 Å². The number of likely N-dealkylation sites (tertiary alicyclic amines) is 1. The Labute approximate surface area is 131 Å². The fourth-order valence-electron chi connectivity index (χ4n) is 2.27. The zero-order valence-corrected chi connectivity index (χ0v) is 13.4. The van der Waals surface area contributed by atoms with Crippen LogP contribution < -0.4 is 5.73 Å². The minimum Gasteiger partial charge on any atom is -0.444 e. The number of nitrogens with two attached hydrogens (primary N) is 1. The maximum absolute atomic E-state index is 12.3. The standard InChI is InChI=1S/C17H23N3O2/c1-17(2,3)22-16(21)20-11-5-4-6-14(20)9-7-13-8-10-15(18)19-12-13/h8,10,12,14H,4-6,11H2,1-3H3,(H2,18,19). The molecule has 1 aliphatic heterocycles. The molecule has 0 aromatic carbocycles. The molecule has 2 rings (SSSR count). The van der Waals surface area contributed by atoms with Gasteiger partial charge in [0.15, 0.2) is 0 Å². The first-order valence-electron chi connectivity index (χ1n) is 7.58. The van der Waals surface area contributed by atoms with Gasteiger partial charge in [-0.3, -0.25) is 4.90 Å². The van der Waals surface area contributed by atoms with Gasteiger partial charge in [-0.2, -0.15) is 0 Å². The van der Waals surface area contributed by atoms with Gasteiger partial charge in [-0.05, 0) is 52.2 Å². The van der Waals surface area contributed by atoms with Crippen LogP contribution >= 0.6 is 0 Å². The number of nitrogens with zero attached hydrogens (tertiary/aromatic N) is 2. The molecule has 22 heavy (non-hydrogen) atoms. The monoisotopic (exact) mass is 301 g/mol. The molecule has 0 saturated carbocycles. The summed E-state index contributed by atoms with van der Waals surface area (Å²) >= 11 is 0. The van der Waals surface area contributed by atoms with Crippen molar-refractivity contribution >= 4 is 11.9 Å². The number of piperidine rings is 1. The second kappa shape index (κ2) is 6.69. The Balaban J connectivity index is 2.10. The van der Waals surface area contributed by atoms with Gasteiger partial charge in [0, 0.05) is 18.3 Å². The van der Waals surface area contributed by atoms with Crippen molar-refractivity contribution in [3.8, 4) is 11.8 Å². The number of rotatable bonds is 0. The van der Waals surface area contributed by atoms with Gasteiger partial charge in [-0.15, -0.1) is 0 Å². The number of carbonyl (C=O) groups excluding carboxylic acids is 1. The molecule has 1 aliphatic rings. The molecule has 0 aliphatic carbocycles. The van der Waals surface area contributed by atoms with Gasteiger partial charge in [0.25, 0.3) is 0 Å². The van der Waals surface area contributed by atoms with Crippen molar-refractivity contribution in [3.05, 3.63) is 23.9 Å². The van der Waals surface area contributed by atoms with E-state index in [2.05, 4.69) is 16.8 Å². The van der Waals surface area contributed by atoms with E-state index < -0.39 is 5.60 Å². The Kier molecular flexibility index (Phi) is 4.92. The molecule has 1 aromatic rings. The van der Waals surface area contributed by atoms with Crippen LogP contribution in [0.25, 0.3) is 0 Å². The highest BCUT2D eigenvalue weighted by molar-refractivity contribution is 5.69. The molecule has 1 fully saturated rings. The average Bonchev–Trinajstić information content (AvgIpc) is 2.45. The first kappa shape index (κ1) is 16.2. The largest absolute Gasteiger partial charge is 0.444 e. The van der Waals surface area contributed by atoms with E-state index in [0.29, 0.717) is 12.4 Å². The lowest BCUT2D eigenvalue weighted by Crippen LogP contribution is -2.45. The summed E-state index contributed by atoms with van der Waals surface area (Å²) in [4.78, 5) is 18.0. The predicted octanol–water partition coefficient (Wildman–Crippen LogP) is 2.80. The Morgan fingerprint density at radius 3 is 2.82 bits per heavy atom. The second-order valence-electron chi connectivity index (χ2n) is 6.43. The van der Waals surface area contributed by atoms with Crippen LogP contribution in [-0.4, -0.2) is 34.2 Å². The maximum atomic E-state index is 12.3. The lowest BCUT2D eigenvalue weighted by atomic mass is 10.0. The molecule has 1 amide bonds. The summed E-state index contributed by atoms with van der Waals surface area (Å²) in [7, 11) is 0. The maximum Gasteiger partial charge on any atom is 0.411 e. The molecule has 2 N–H and O–H groups in total. The van der Waals surface area contributed by atoms with E-state index in [0.717, 1.165) is 24.8 Å². The summed E-state index contributed by atoms with van der Waals surface area (Å²) in [5, 5.41) is 0. The molecule has 1 saturated heterocycles. The summed E-state index contributed by atoms with van der Waals surface area (Å²) in [5.74, 6) is 6.71. The highest BCUT2D eigenvalue weighted by atomic mass is 16.6. The van der Waals surface area contributed by atoms with E-state index in [-0.39, 0.29) is 12.1 Å². The first-order chi connectivity index (χ1) is 10.3. The van der Waals surface area contributed by atoms with Crippen molar-refractivity contribution in [1.82, 2.24) is 9.88 Å². The molecule has 5 nitrogen and oxygen atoms in total. The number of amides is 1. The lowest BCUT2D eigenvalue weighted by molar-refractivity contribution is 0.0158. The molecular weight excluding hydrogens is 278 g/mol. The number of hydrogen-bond donors (Lipinski definition) is 1. The van der Waals surface area contributed by atoms with E-state index >= 15 is 0 Å². The molecule has 1 aromatic heterocycles. The van der Waals surface area contributed by atoms with Gasteiger partial charge < -0.3 is 10.5 Å². The van der Waals surface area contributed by atoms with Crippen molar-refractivity contribution in [2.75, 3.05) is 12.3 Å². The summed E-state index contributed by atoms with van der Waals surface area (Å²) in [6.07, 6.45) is 4.28. The van der Waals surface area contributed by atoms with E-state index in [4.69, 9.17) is 10.5 Å². The number of hydrogen-bond acceptors (Lipinski definition) is 4. The molecule has 0 bridgehead atoms. The summed E-state index contributed by atoms with van der Waals surface area (Å²) in [6.45, 7) is 6.30. The third-order valence-corrected chi connectivity index (χ3v) is 3.30. The number of pyridine rings is 1. The van der Waals surface area contributed by atoms with E-state index in [1.807, 2.05) is 26.8 Å². The van der Waals surface area contributed by atoms with Crippen LogP contribution in [-0.2, 0) is 4.74 Å². The van der Waals surface area contributed by atoms with Gasteiger partial charge in [0.1, 0.15) is 11.4 Å². The van der Waals surface area contributed by atoms with Crippen molar-refractivity contribution in [1.29, 1.82) is 0 Å². The molecule has 0 spiro atoms. The second-order valence-corrected chi connectivity index (χ2v) is 6.43. The molecule has 0 radical (unpaired) electrons. The van der Waals surface area contributed by atoms with Crippen LogP contribution in [0.4, 0.5) is 10.6 Å². The van der Waals surface area contributed by atoms with Crippen LogP contribution in [0, 0.1) is 11.8 Å². The third kappa shape index (κ3) is 4.66. The Morgan fingerprint density at radius 1 is 1.41 bits per heavy atom. The molecule has 1 unspecified atom stereocenters. The minimum absolute atomic E-state index is 0.110. The van der Waals surface area contributed by atoms with Gasteiger partial charge in [0.05, 0.1) is 6.04 Å². The normalized spacial score (nSPS) is 18.3. The van der Waals surface area contributed by atoms with Crippen LogP contribution in [0.1, 0.15) is 45.6 Å². The molecule has 2 heterocycles. The highest BCUT2D eigenvalue weighted by Gasteiger charge is 2.29. The lowest BCUT2D eigenvalue weighted by Gasteiger charge is -2.34. The zero-order chi connectivity index (χ0) is 16.2. The van der Waals surface area contributed by atoms with Crippen LogP contribution in [0.5, 0.6) is 0 Å². The van der Waals surface area contributed by atoms with Crippen LogP contribution in [0.2, 0.25) is 0 Å². The van der Waals surface area contributed by atoms with Crippen LogP contribution in [0.3, 0.4) is 0 Å². The summed E-state index contributed by atoms with van der Waals surface area (Å²) in [5.41, 5.74) is 5.86. The molecule has 1 atom stereocenters. The average molecular weight is 301 g/mol. The van der Waals surface area contributed by atoms with Crippen molar-refractivity contribution in [3.63, 3.8) is 0 Å². The van der Waals surface area contributed by atoms with Gasteiger partial charge in [-0.1, -0.05) is 11.8 Å². The summed E-state index contributed by atoms with van der Waals surface area (Å²) in [6, 6.07) is 3.44. The topological polar surface area (TPSA) is 68.5 Å². The van der Waals surface area contributed by atoms with Gasteiger partial charge in [-0.25, -0.2) is 9.78 Å². The fraction of sp³-hybridized carbons (Fsp3) is 0.529. The quantitative estimate of drug-likeness (QED) is 0.748. The number of nitrogen functional groups attached to an aromatic ring is 1.